The van der Waals surface area contributed by atoms with Crippen LogP contribution >= 0.6 is 11.6 Å². The predicted molar refractivity (Wildman–Crippen MR) is 129 cm³/mol. The summed E-state index contributed by atoms with van der Waals surface area (Å²) in [5, 5.41) is 10.1. The molecule has 1 heterocycles. The highest BCUT2D eigenvalue weighted by atomic mass is 35.5. The van der Waals surface area contributed by atoms with E-state index in [1.165, 1.54) is 25.3 Å². The monoisotopic (exact) mass is 521 g/mol. The van der Waals surface area contributed by atoms with Crippen molar-refractivity contribution in [3.8, 4) is 11.5 Å². The Kier molecular flexibility index (Phi) is 7.02. The number of halogens is 3. The van der Waals surface area contributed by atoms with Crippen LogP contribution in [0, 0.1) is 11.6 Å². The van der Waals surface area contributed by atoms with Gasteiger partial charge in [-0.2, -0.15) is 0 Å². The normalized spacial score (nSPS) is 15.4. The number of hydrogen-bond acceptors (Lipinski definition) is 5. The van der Waals surface area contributed by atoms with E-state index in [1.807, 2.05) is 0 Å². The van der Waals surface area contributed by atoms with Crippen LogP contribution in [0.15, 0.2) is 65.1 Å². The summed E-state index contributed by atoms with van der Waals surface area (Å²) in [5.41, 5.74) is 1.46. The van der Waals surface area contributed by atoms with Gasteiger partial charge in [-0.3, -0.25) is 4.31 Å². The first-order valence-electron chi connectivity index (χ1n) is 10.6. The quantitative estimate of drug-likeness (QED) is 0.464. The van der Waals surface area contributed by atoms with E-state index in [-0.39, 0.29) is 45.9 Å². The molecule has 0 radical (unpaired) electrons. The zero-order valence-corrected chi connectivity index (χ0v) is 20.4. The van der Waals surface area contributed by atoms with Gasteiger partial charge in [-0.1, -0.05) is 17.7 Å². The minimum atomic E-state index is -4.22. The van der Waals surface area contributed by atoms with Crippen LogP contribution in [0.5, 0.6) is 11.5 Å². The highest BCUT2D eigenvalue weighted by Crippen LogP contribution is 2.39. The Morgan fingerprint density at radius 1 is 1.09 bits per heavy atom. The highest BCUT2D eigenvalue weighted by Gasteiger charge is 2.36. The Bertz CT molecular complexity index is 1390. The standard InChI is InChI=1S/C25H22ClF2NO5S/c1-15-17(13-30)10-16-6-7-18(34-14-20-21(26)4-3-5-22(20)27)11-24(16)29(15)35(31,32)19-8-9-23(28)25(12-19)33-2/h3-12,15,30H,13-14H2,1-2H3. The lowest BCUT2D eigenvalue weighted by atomic mass is 9.99. The molecule has 3 aromatic carbocycles. The Morgan fingerprint density at radius 2 is 1.86 bits per heavy atom. The molecule has 0 saturated heterocycles. The summed E-state index contributed by atoms with van der Waals surface area (Å²) in [6.45, 7) is 1.11. The van der Waals surface area contributed by atoms with E-state index in [9.17, 15) is 22.3 Å². The van der Waals surface area contributed by atoms with Gasteiger partial charge in [0.05, 0.1) is 35.4 Å². The fourth-order valence-electron chi connectivity index (χ4n) is 3.86. The van der Waals surface area contributed by atoms with Crippen LogP contribution in [0.1, 0.15) is 18.1 Å². The van der Waals surface area contributed by atoms with Crippen molar-refractivity contribution in [3.63, 3.8) is 0 Å². The number of nitrogens with zero attached hydrogens (tertiary/aromatic N) is 1. The van der Waals surface area contributed by atoms with Crippen molar-refractivity contribution in [1.82, 2.24) is 0 Å². The van der Waals surface area contributed by atoms with Crippen LogP contribution in [-0.2, 0) is 16.6 Å². The molecule has 0 saturated carbocycles. The Balaban J connectivity index is 1.76. The fourth-order valence-corrected chi connectivity index (χ4v) is 5.77. The van der Waals surface area contributed by atoms with E-state index < -0.39 is 27.7 Å². The van der Waals surface area contributed by atoms with E-state index in [1.54, 1.807) is 31.2 Å². The first-order chi connectivity index (χ1) is 16.7. The van der Waals surface area contributed by atoms with Crippen molar-refractivity contribution < 1.29 is 31.8 Å². The van der Waals surface area contributed by atoms with Crippen molar-refractivity contribution in [1.29, 1.82) is 0 Å². The Hall–Kier alpha value is -3.14. The van der Waals surface area contributed by atoms with Gasteiger partial charge in [-0.25, -0.2) is 17.2 Å². The summed E-state index contributed by atoms with van der Waals surface area (Å²) in [4.78, 5) is -0.183. The molecule has 1 atom stereocenters. The number of aliphatic hydroxyl groups is 1. The number of fused-ring (bicyclic) bond motifs is 1. The van der Waals surface area contributed by atoms with Crippen molar-refractivity contribution in [2.75, 3.05) is 18.0 Å². The molecule has 0 amide bonds. The average molecular weight is 522 g/mol. The van der Waals surface area contributed by atoms with E-state index >= 15 is 0 Å². The van der Waals surface area contributed by atoms with Crippen molar-refractivity contribution in [2.45, 2.75) is 24.5 Å². The number of aliphatic hydroxyl groups excluding tert-OH is 1. The van der Waals surface area contributed by atoms with Gasteiger partial charge in [0.15, 0.2) is 11.6 Å². The summed E-state index contributed by atoms with van der Waals surface area (Å²) in [7, 11) is -2.97. The van der Waals surface area contributed by atoms with Crippen molar-refractivity contribution >= 4 is 33.4 Å². The molecule has 10 heteroatoms. The molecule has 1 N–H and O–H groups in total. The lowest BCUT2D eigenvalue weighted by Crippen LogP contribution is -2.42. The number of ether oxygens (including phenoxy) is 2. The number of benzene rings is 3. The number of anilines is 1. The molecule has 1 unspecified atom stereocenters. The molecule has 0 bridgehead atoms. The van der Waals surface area contributed by atoms with Gasteiger partial charge in [-0.05, 0) is 60.5 Å². The number of methoxy groups -OCH3 is 1. The van der Waals surface area contributed by atoms with Gasteiger partial charge in [0.2, 0.25) is 0 Å². The summed E-state index contributed by atoms with van der Waals surface area (Å²) >= 11 is 6.07. The van der Waals surface area contributed by atoms with E-state index in [2.05, 4.69) is 0 Å². The highest BCUT2D eigenvalue weighted by molar-refractivity contribution is 7.92. The van der Waals surface area contributed by atoms with Crippen LogP contribution in [0.4, 0.5) is 14.5 Å². The lowest BCUT2D eigenvalue weighted by Gasteiger charge is -2.36. The SMILES string of the molecule is COc1cc(S(=O)(=O)N2c3cc(OCc4c(F)cccc4Cl)ccc3C=C(CO)C2C)ccc1F. The molecule has 3 aromatic rings. The number of hydrogen-bond donors (Lipinski definition) is 1. The largest absolute Gasteiger partial charge is 0.494 e. The molecule has 1 aliphatic rings. The van der Waals surface area contributed by atoms with Gasteiger partial charge < -0.3 is 14.6 Å². The van der Waals surface area contributed by atoms with Crippen LogP contribution in [-0.4, -0.2) is 33.3 Å². The molecular formula is C25H22ClF2NO5S. The fraction of sp³-hybridized carbons (Fsp3) is 0.200. The molecule has 184 valence electrons. The lowest BCUT2D eigenvalue weighted by molar-refractivity contribution is 0.300. The second kappa shape index (κ2) is 9.85. The molecule has 0 aromatic heterocycles. The summed E-state index contributed by atoms with van der Waals surface area (Å²) in [6, 6.07) is 11.6. The minimum absolute atomic E-state index is 0.167. The molecule has 0 aliphatic carbocycles. The van der Waals surface area contributed by atoms with Crippen molar-refractivity contribution in [3.05, 3.63) is 88.0 Å². The predicted octanol–water partition coefficient (Wildman–Crippen LogP) is 5.18. The molecule has 0 spiro atoms. The smallest absolute Gasteiger partial charge is 0.265 e. The Morgan fingerprint density at radius 3 is 2.54 bits per heavy atom. The molecule has 4 rings (SSSR count). The molecule has 0 fully saturated rings. The molecule has 1 aliphatic heterocycles. The maximum atomic E-state index is 14.1. The van der Waals surface area contributed by atoms with E-state index in [0.717, 1.165) is 22.5 Å². The van der Waals surface area contributed by atoms with Crippen molar-refractivity contribution in [2.24, 2.45) is 0 Å². The van der Waals surface area contributed by atoms with E-state index in [0.29, 0.717) is 11.1 Å². The third-order valence-electron chi connectivity index (χ3n) is 5.78. The summed E-state index contributed by atoms with van der Waals surface area (Å²) in [5.74, 6) is -1.15. The maximum Gasteiger partial charge on any atom is 0.265 e. The van der Waals surface area contributed by atoms with Crippen LogP contribution < -0.4 is 13.8 Å². The van der Waals surface area contributed by atoms with Gasteiger partial charge in [0.25, 0.3) is 10.0 Å². The second-order valence-corrected chi connectivity index (χ2v) is 10.1. The van der Waals surface area contributed by atoms with Gasteiger partial charge in [-0.15, -0.1) is 0 Å². The van der Waals surface area contributed by atoms with Crippen LogP contribution in [0.2, 0.25) is 5.02 Å². The second-order valence-electron chi connectivity index (χ2n) is 7.86. The van der Waals surface area contributed by atoms with Gasteiger partial charge in [0.1, 0.15) is 18.2 Å². The topological polar surface area (TPSA) is 76.1 Å². The van der Waals surface area contributed by atoms with E-state index in [4.69, 9.17) is 21.1 Å². The zero-order valence-electron chi connectivity index (χ0n) is 18.8. The summed E-state index contributed by atoms with van der Waals surface area (Å²) < 4.78 is 67.3. The maximum absolute atomic E-state index is 14.1. The zero-order chi connectivity index (χ0) is 25.3. The summed E-state index contributed by atoms with van der Waals surface area (Å²) in [6.07, 6.45) is 1.70. The third kappa shape index (κ3) is 4.71. The minimum Gasteiger partial charge on any atom is -0.494 e. The number of sulfonamides is 1. The first-order valence-corrected chi connectivity index (χ1v) is 12.4. The molecule has 6 nitrogen and oxygen atoms in total. The molecular weight excluding hydrogens is 500 g/mol. The average Bonchev–Trinajstić information content (AvgIpc) is 2.83. The number of rotatable bonds is 7. The molecule has 35 heavy (non-hydrogen) atoms. The first kappa shape index (κ1) is 25.0. The van der Waals surface area contributed by atoms with Crippen LogP contribution in [0.3, 0.4) is 0 Å². The van der Waals surface area contributed by atoms with Gasteiger partial charge >= 0.3 is 0 Å². The van der Waals surface area contributed by atoms with Gasteiger partial charge in [0, 0.05) is 17.7 Å². The third-order valence-corrected chi connectivity index (χ3v) is 8.01. The van der Waals surface area contributed by atoms with Crippen LogP contribution in [0.25, 0.3) is 6.08 Å². The Labute approximate surface area is 207 Å².